The van der Waals surface area contributed by atoms with Gasteiger partial charge in [-0.05, 0) is 38.4 Å². The highest BCUT2D eigenvalue weighted by Crippen LogP contribution is 2.12. The Bertz CT molecular complexity index is 386. The summed E-state index contributed by atoms with van der Waals surface area (Å²) in [5, 5.41) is 6.38. The molecule has 0 aliphatic carbocycles. The largest absolute Gasteiger partial charge is 0.352 e. The molecule has 0 spiro atoms. The van der Waals surface area contributed by atoms with Crippen LogP contribution in [0.25, 0.3) is 0 Å². The third-order valence-electron chi connectivity index (χ3n) is 3.24. The van der Waals surface area contributed by atoms with Crippen molar-refractivity contribution in [3.63, 3.8) is 0 Å². The van der Waals surface area contributed by atoms with E-state index in [1.165, 1.54) is 5.56 Å². The van der Waals surface area contributed by atoms with Gasteiger partial charge in [0.25, 0.3) is 0 Å². The van der Waals surface area contributed by atoms with Crippen LogP contribution in [0.15, 0.2) is 18.5 Å². The average molecular weight is 265 g/mol. The summed E-state index contributed by atoms with van der Waals surface area (Å²) in [5.41, 5.74) is 1.22. The first kappa shape index (κ1) is 15.8. The molecule has 1 rings (SSSR count). The Labute approximate surface area is 116 Å². The van der Waals surface area contributed by atoms with Gasteiger partial charge in [0.05, 0.1) is 0 Å². The minimum absolute atomic E-state index is 0.0826. The molecule has 108 valence electrons. The molecule has 0 aliphatic heterocycles. The zero-order chi connectivity index (χ0) is 14.3. The van der Waals surface area contributed by atoms with E-state index in [0.29, 0.717) is 12.6 Å². The molecule has 2 unspecified atom stereocenters. The fourth-order valence-electron chi connectivity index (χ4n) is 2.23. The molecule has 1 amide bonds. The van der Waals surface area contributed by atoms with E-state index in [9.17, 15) is 4.79 Å². The second kappa shape index (κ2) is 8.00. The molecule has 0 radical (unpaired) electrons. The number of carbonyl (C=O) groups is 1. The van der Waals surface area contributed by atoms with E-state index in [0.717, 1.165) is 19.4 Å². The maximum Gasteiger partial charge on any atom is 0.240 e. The Morgan fingerprint density at radius 1 is 1.37 bits per heavy atom. The maximum absolute atomic E-state index is 11.9. The quantitative estimate of drug-likeness (QED) is 0.758. The highest BCUT2D eigenvalue weighted by molar-refractivity contribution is 5.76. The molecule has 4 nitrogen and oxygen atoms in total. The molecule has 0 aromatic carbocycles. The number of carbonyl (C=O) groups excluding carboxylic acids is 1. The molecule has 4 heteroatoms. The van der Waals surface area contributed by atoms with Crippen LogP contribution in [-0.4, -0.2) is 23.1 Å². The summed E-state index contributed by atoms with van der Waals surface area (Å²) in [4.78, 5) is 11.9. The molecule has 19 heavy (non-hydrogen) atoms. The Morgan fingerprint density at radius 2 is 2.11 bits per heavy atom. The van der Waals surface area contributed by atoms with Gasteiger partial charge in [0, 0.05) is 24.5 Å². The summed E-state index contributed by atoms with van der Waals surface area (Å²) >= 11 is 0. The van der Waals surface area contributed by atoms with E-state index in [-0.39, 0.29) is 11.9 Å². The molecule has 0 saturated carbocycles. The highest BCUT2D eigenvalue weighted by atomic mass is 16.2. The number of rotatable bonds is 8. The number of nitrogens with one attached hydrogen (secondary N) is 2. The van der Waals surface area contributed by atoms with E-state index < -0.39 is 0 Å². The molecule has 1 aromatic rings. The summed E-state index contributed by atoms with van der Waals surface area (Å²) in [6.45, 7) is 9.75. The summed E-state index contributed by atoms with van der Waals surface area (Å²) in [6.07, 6.45) is 6.13. The predicted octanol–water partition coefficient (Wildman–Crippen LogP) is 2.46. The van der Waals surface area contributed by atoms with Crippen molar-refractivity contribution in [3.05, 3.63) is 24.0 Å². The minimum Gasteiger partial charge on any atom is -0.352 e. The number of amides is 1. The zero-order valence-corrected chi connectivity index (χ0v) is 12.6. The van der Waals surface area contributed by atoms with Gasteiger partial charge in [-0.3, -0.25) is 4.79 Å². The monoisotopic (exact) mass is 265 g/mol. The van der Waals surface area contributed by atoms with Gasteiger partial charge in [0.2, 0.25) is 5.91 Å². The molecule has 0 saturated heterocycles. The van der Waals surface area contributed by atoms with Crippen LogP contribution in [-0.2, 0) is 11.3 Å². The Hall–Kier alpha value is -1.29. The highest BCUT2D eigenvalue weighted by Gasteiger charge is 2.09. The molecular formula is C15H27N3O. The molecule has 0 bridgehead atoms. The van der Waals surface area contributed by atoms with E-state index in [2.05, 4.69) is 44.4 Å². The van der Waals surface area contributed by atoms with Crippen LogP contribution in [0.4, 0.5) is 0 Å². The summed E-state index contributed by atoms with van der Waals surface area (Å²) in [7, 11) is 0. The lowest BCUT2D eigenvalue weighted by Gasteiger charge is -2.13. The fraction of sp³-hybridized carbons (Fsp3) is 0.667. The molecule has 1 heterocycles. The molecule has 1 aromatic heterocycles. The normalized spacial score (nSPS) is 14.1. The van der Waals surface area contributed by atoms with Gasteiger partial charge in [-0.15, -0.1) is 0 Å². The lowest BCUT2D eigenvalue weighted by atomic mass is 10.2. The van der Waals surface area contributed by atoms with Crippen molar-refractivity contribution in [1.29, 1.82) is 0 Å². The first-order chi connectivity index (χ1) is 9.06. The minimum atomic E-state index is 0.0826. The Balaban J connectivity index is 2.47. The summed E-state index contributed by atoms with van der Waals surface area (Å²) in [6, 6.07) is 2.65. The second-order valence-corrected chi connectivity index (χ2v) is 5.15. The van der Waals surface area contributed by atoms with Crippen LogP contribution >= 0.6 is 0 Å². The lowest BCUT2D eigenvalue weighted by molar-refractivity contribution is -0.122. The van der Waals surface area contributed by atoms with Crippen LogP contribution in [0.5, 0.6) is 0 Å². The predicted molar refractivity (Wildman–Crippen MR) is 79.0 cm³/mol. The van der Waals surface area contributed by atoms with E-state index in [1.807, 2.05) is 17.0 Å². The summed E-state index contributed by atoms with van der Waals surface area (Å²) in [5.74, 6) is 0.0826. The average Bonchev–Trinajstić information content (AvgIpc) is 2.77. The van der Waals surface area contributed by atoms with E-state index in [4.69, 9.17) is 0 Å². The van der Waals surface area contributed by atoms with Crippen molar-refractivity contribution in [2.24, 2.45) is 0 Å². The van der Waals surface area contributed by atoms with Crippen molar-refractivity contribution >= 4 is 5.91 Å². The maximum atomic E-state index is 11.9. The van der Waals surface area contributed by atoms with Gasteiger partial charge >= 0.3 is 0 Å². The van der Waals surface area contributed by atoms with E-state index >= 15 is 0 Å². The topological polar surface area (TPSA) is 46.1 Å². The number of aromatic nitrogens is 1. The number of hydrogen-bond acceptors (Lipinski definition) is 2. The van der Waals surface area contributed by atoms with Crippen LogP contribution in [0.2, 0.25) is 0 Å². The lowest BCUT2D eigenvalue weighted by Crippen LogP contribution is -2.34. The van der Waals surface area contributed by atoms with Gasteiger partial charge in [0.1, 0.15) is 6.54 Å². The van der Waals surface area contributed by atoms with Gasteiger partial charge < -0.3 is 15.2 Å². The third kappa shape index (κ3) is 5.47. The SMILES string of the molecule is CCCC(C)NC(=O)Cn1ccc(C(C)NCC)c1. The molecule has 0 aliphatic rings. The fourth-order valence-corrected chi connectivity index (χ4v) is 2.23. The van der Waals surface area contributed by atoms with Crippen LogP contribution in [0.3, 0.4) is 0 Å². The van der Waals surface area contributed by atoms with Crippen LogP contribution < -0.4 is 10.6 Å². The van der Waals surface area contributed by atoms with Crippen molar-refractivity contribution in [2.75, 3.05) is 6.54 Å². The van der Waals surface area contributed by atoms with Gasteiger partial charge in [-0.1, -0.05) is 20.3 Å². The first-order valence-corrected chi connectivity index (χ1v) is 7.25. The second-order valence-electron chi connectivity index (χ2n) is 5.15. The number of nitrogens with zero attached hydrogens (tertiary/aromatic N) is 1. The standard InChI is InChI=1S/C15H27N3O/c1-5-7-12(3)17-15(19)11-18-9-8-14(10-18)13(4)16-6-2/h8-10,12-13,16H,5-7,11H2,1-4H3,(H,17,19). The van der Waals surface area contributed by atoms with Crippen molar-refractivity contribution in [1.82, 2.24) is 15.2 Å². The van der Waals surface area contributed by atoms with Gasteiger partial charge in [0.15, 0.2) is 0 Å². The van der Waals surface area contributed by atoms with Crippen molar-refractivity contribution in [2.45, 2.75) is 59.2 Å². The van der Waals surface area contributed by atoms with Crippen molar-refractivity contribution < 1.29 is 4.79 Å². The molecule has 0 fully saturated rings. The van der Waals surface area contributed by atoms with Crippen molar-refractivity contribution in [3.8, 4) is 0 Å². The van der Waals surface area contributed by atoms with Gasteiger partial charge in [-0.2, -0.15) is 0 Å². The zero-order valence-electron chi connectivity index (χ0n) is 12.6. The number of hydrogen-bond donors (Lipinski definition) is 2. The molecule has 2 N–H and O–H groups in total. The first-order valence-electron chi connectivity index (χ1n) is 7.25. The van der Waals surface area contributed by atoms with E-state index in [1.54, 1.807) is 0 Å². The third-order valence-corrected chi connectivity index (χ3v) is 3.24. The van der Waals surface area contributed by atoms with Crippen LogP contribution in [0, 0.1) is 0 Å². The summed E-state index contributed by atoms with van der Waals surface area (Å²) < 4.78 is 1.94. The Morgan fingerprint density at radius 3 is 2.74 bits per heavy atom. The van der Waals surface area contributed by atoms with Crippen LogP contribution in [0.1, 0.15) is 52.1 Å². The van der Waals surface area contributed by atoms with Gasteiger partial charge in [-0.25, -0.2) is 0 Å². The molecule has 2 atom stereocenters. The molecular weight excluding hydrogens is 238 g/mol. The smallest absolute Gasteiger partial charge is 0.240 e. The Kier molecular flexibility index (Phi) is 6.64.